The number of rotatable bonds is 2. The number of carbonyl (C=O) groups is 1. The van der Waals surface area contributed by atoms with Gasteiger partial charge in [0, 0.05) is 23.1 Å². The maximum absolute atomic E-state index is 12.2. The van der Waals surface area contributed by atoms with Crippen molar-refractivity contribution in [3.63, 3.8) is 0 Å². The molecule has 146 valence electrons. The molecule has 5 rings (SSSR count). The van der Waals surface area contributed by atoms with E-state index in [2.05, 4.69) is 0 Å². The van der Waals surface area contributed by atoms with Gasteiger partial charge in [-0.3, -0.25) is 9.35 Å². The molecule has 1 heterocycles. The summed E-state index contributed by atoms with van der Waals surface area (Å²) in [7, 11) is -4.33. The highest BCUT2D eigenvalue weighted by molar-refractivity contribution is 7.86. The Kier molecular flexibility index (Phi) is 4.08. The van der Waals surface area contributed by atoms with E-state index < -0.39 is 10.1 Å². The average molecular weight is 406 g/mol. The molecule has 29 heavy (non-hydrogen) atoms. The smallest absolute Gasteiger partial charge is 0.295 e. The maximum atomic E-state index is 12.2. The minimum absolute atomic E-state index is 0.121. The molecule has 0 bridgehead atoms. The number of ether oxygens (including phenoxy) is 1. The third-order valence-corrected chi connectivity index (χ3v) is 6.52. The van der Waals surface area contributed by atoms with Crippen molar-refractivity contribution in [1.29, 1.82) is 0 Å². The van der Waals surface area contributed by atoms with Gasteiger partial charge in [0.05, 0.1) is 0 Å². The fourth-order valence-corrected chi connectivity index (χ4v) is 4.94. The molecule has 3 aromatic carbocycles. The van der Waals surface area contributed by atoms with Gasteiger partial charge in [0.2, 0.25) is 0 Å². The van der Waals surface area contributed by atoms with E-state index in [4.69, 9.17) is 4.74 Å². The lowest BCUT2D eigenvalue weighted by Gasteiger charge is -2.25. The summed E-state index contributed by atoms with van der Waals surface area (Å²) in [5.41, 5.74) is 5.85. The van der Waals surface area contributed by atoms with E-state index in [-0.39, 0.29) is 10.7 Å². The fourth-order valence-electron chi connectivity index (χ4n) is 4.22. The Labute approximate surface area is 168 Å². The second kappa shape index (κ2) is 6.54. The third-order valence-electron chi connectivity index (χ3n) is 5.61. The summed E-state index contributed by atoms with van der Waals surface area (Å²) in [5, 5.41) is 0. The molecule has 0 radical (unpaired) electrons. The van der Waals surface area contributed by atoms with Crippen LogP contribution in [0.5, 0.6) is 5.75 Å². The summed E-state index contributed by atoms with van der Waals surface area (Å²) in [6.45, 7) is 0.331. The molecule has 6 heteroatoms. The lowest BCUT2D eigenvalue weighted by molar-refractivity contribution is 0.0972. The number of Topliss-reactive ketones (excluding diaryl/α,β-unsaturated/α-hetero) is 1. The van der Waals surface area contributed by atoms with Crippen LogP contribution in [0.4, 0.5) is 0 Å². The van der Waals surface area contributed by atoms with Crippen molar-refractivity contribution in [3.8, 4) is 28.0 Å². The molecule has 1 N–H and O–H groups in total. The van der Waals surface area contributed by atoms with Crippen LogP contribution in [0, 0.1) is 0 Å². The minimum Gasteiger partial charge on any atom is -0.488 e. The SMILES string of the molecule is O=C1CCCc2cc3c(cc21)OCc1cc(-c2ccccc2S(=O)(=O)O)ccc1-3. The van der Waals surface area contributed by atoms with Crippen molar-refractivity contribution in [2.45, 2.75) is 30.8 Å². The zero-order valence-electron chi connectivity index (χ0n) is 15.5. The van der Waals surface area contributed by atoms with Gasteiger partial charge in [-0.25, -0.2) is 0 Å². The minimum atomic E-state index is -4.33. The Bertz CT molecular complexity index is 1270. The van der Waals surface area contributed by atoms with Crippen LogP contribution in [-0.4, -0.2) is 18.8 Å². The van der Waals surface area contributed by atoms with E-state index in [1.807, 2.05) is 30.3 Å². The van der Waals surface area contributed by atoms with E-state index in [1.54, 1.807) is 18.2 Å². The van der Waals surface area contributed by atoms with Gasteiger partial charge in [0.15, 0.2) is 5.78 Å². The highest BCUT2D eigenvalue weighted by atomic mass is 32.2. The Morgan fingerprint density at radius 2 is 1.66 bits per heavy atom. The molecule has 0 spiro atoms. The summed E-state index contributed by atoms with van der Waals surface area (Å²) >= 11 is 0. The van der Waals surface area contributed by atoms with Gasteiger partial charge >= 0.3 is 0 Å². The largest absolute Gasteiger partial charge is 0.488 e. The Balaban J connectivity index is 1.63. The molecule has 0 amide bonds. The normalized spacial score (nSPS) is 15.1. The number of aryl methyl sites for hydroxylation is 1. The van der Waals surface area contributed by atoms with Crippen molar-refractivity contribution in [2.24, 2.45) is 0 Å². The molecule has 3 aromatic rings. The van der Waals surface area contributed by atoms with Crippen molar-refractivity contribution in [1.82, 2.24) is 0 Å². The predicted molar refractivity (Wildman–Crippen MR) is 109 cm³/mol. The Morgan fingerprint density at radius 1 is 0.828 bits per heavy atom. The predicted octanol–water partition coefficient (Wildman–Crippen LogP) is 4.68. The van der Waals surface area contributed by atoms with Crippen molar-refractivity contribution in [2.75, 3.05) is 0 Å². The molecule has 1 aliphatic carbocycles. The van der Waals surface area contributed by atoms with Crippen LogP contribution in [-0.2, 0) is 23.1 Å². The highest BCUT2D eigenvalue weighted by Gasteiger charge is 2.25. The van der Waals surface area contributed by atoms with Crippen LogP contribution >= 0.6 is 0 Å². The van der Waals surface area contributed by atoms with E-state index in [1.165, 1.54) is 6.07 Å². The molecule has 0 saturated heterocycles. The van der Waals surface area contributed by atoms with Gasteiger partial charge in [-0.05, 0) is 59.4 Å². The van der Waals surface area contributed by atoms with E-state index >= 15 is 0 Å². The summed E-state index contributed by atoms with van der Waals surface area (Å²) in [6, 6.07) is 16.0. The van der Waals surface area contributed by atoms with E-state index in [9.17, 15) is 17.8 Å². The lowest BCUT2D eigenvalue weighted by Crippen LogP contribution is -2.13. The first-order valence-electron chi connectivity index (χ1n) is 9.45. The quantitative estimate of drug-likeness (QED) is 0.625. The van der Waals surface area contributed by atoms with Gasteiger partial charge in [-0.1, -0.05) is 30.3 Å². The molecule has 1 aliphatic heterocycles. The number of benzene rings is 3. The molecule has 2 aliphatic rings. The zero-order valence-corrected chi connectivity index (χ0v) is 16.3. The van der Waals surface area contributed by atoms with Crippen LogP contribution in [0.15, 0.2) is 59.5 Å². The van der Waals surface area contributed by atoms with Crippen LogP contribution in [0.25, 0.3) is 22.3 Å². The fraction of sp³-hybridized carbons (Fsp3) is 0.174. The first kappa shape index (κ1) is 18.1. The molecule has 0 atom stereocenters. The average Bonchev–Trinajstić information content (AvgIpc) is 2.72. The topological polar surface area (TPSA) is 80.7 Å². The standard InChI is InChI=1S/C23H18O5S/c24-21-6-3-4-14-11-20-17-9-8-15(10-16(17)13-28-22(20)12-19(14)21)18-5-1-2-7-23(18)29(25,26)27/h1-2,5,7-12H,3-4,6,13H2,(H,25,26,27). The number of fused-ring (bicyclic) bond motifs is 4. The zero-order chi connectivity index (χ0) is 20.2. The molecular formula is C23H18O5S. The second-order valence-electron chi connectivity index (χ2n) is 7.41. The molecular weight excluding hydrogens is 388 g/mol. The summed E-state index contributed by atoms with van der Waals surface area (Å²) in [6.07, 6.45) is 2.33. The maximum Gasteiger partial charge on any atom is 0.295 e. The monoisotopic (exact) mass is 406 g/mol. The van der Waals surface area contributed by atoms with Crippen molar-refractivity contribution >= 4 is 15.9 Å². The third kappa shape index (κ3) is 3.05. The molecule has 0 fully saturated rings. The Hall–Kier alpha value is -2.96. The summed E-state index contributed by atoms with van der Waals surface area (Å²) in [5.74, 6) is 0.873. The molecule has 5 nitrogen and oxygen atoms in total. The summed E-state index contributed by atoms with van der Waals surface area (Å²) in [4.78, 5) is 12.1. The molecule has 0 unspecified atom stereocenters. The number of carbonyl (C=O) groups excluding carboxylic acids is 1. The van der Waals surface area contributed by atoms with Gasteiger partial charge in [0.1, 0.15) is 17.3 Å². The molecule has 0 saturated carbocycles. The highest BCUT2D eigenvalue weighted by Crippen LogP contribution is 2.42. The van der Waals surface area contributed by atoms with Crippen molar-refractivity contribution in [3.05, 3.63) is 71.3 Å². The van der Waals surface area contributed by atoms with Crippen LogP contribution in [0.2, 0.25) is 0 Å². The van der Waals surface area contributed by atoms with Crippen LogP contribution in [0.3, 0.4) is 0 Å². The van der Waals surface area contributed by atoms with Gasteiger partial charge in [-0.15, -0.1) is 0 Å². The summed E-state index contributed by atoms with van der Waals surface area (Å²) < 4.78 is 39.0. The first-order chi connectivity index (χ1) is 13.9. The van der Waals surface area contributed by atoms with Crippen LogP contribution in [0.1, 0.15) is 34.3 Å². The number of hydrogen-bond donors (Lipinski definition) is 1. The Morgan fingerprint density at radius 3 is 2.48 bits per heavy atom. The molecule has 0 aromatic heterocycles. The number of hydrogen-bond acceptors (Lipinski definition) is 4. The van der Waals surface area contributed by atoms with Gasteiger partial charge in [-0.2, -0.15) is 8.42 Å². The van der Waals surface area contributed by atoms with E-state index in [0.29, 0.717) is 29.9 Å². The second-order valence-corrected chi connectivity index (χ2v) is 8.80. The number of ketones is 1. The van der Waals surface area contributed by atoms with Gasteiger partial charge < -0.3 is 4.74 Å². The van der Waals surface area contributed by atoms with Crippen LogP contribution < -0.4 is 4.74 Å². The van der Waals surface area contributed by atoms with Gasteiger partial charge in [0.25, 0.3) is 10.1 Å². The van der Waals surface area contributed by atoms with E-state index in [0.717, 1.165) is 40.7 Å². The lowest BCUT2D eigenvalue weighted by atomic mass is 9.85. The first-order valence-corrected chi connectivity index (χ1v) is 10.9. The van der Waals surface area contributed by atoms with Crippen molar-refractivity contribution < 1.29 is 22.5 Å².